The molecule has 2 fully saturated rings. The van der Waals surface area contributed by atoms with Crippen molar-refractivity contribution < 1.29 is 5.11 Å². The van der Waals surface area contributed by atoms with Crippen LogP contribution in [0.5, 0.6) is 0 Å². The second-order valence-electron chi connectivity index (χ2n) is 4.31. The summed E-state index contributed by atoms with van der Waals surface area (Å²) in [5.74, 6) is 1.25. The van der Waals surface area contributed by atoms with Crippen molar-refractivity contribution in [1.29, 1.82) is 0 Å². The van der Waals surface area contributed by atoms with E-state index < -0.39 is 0 Å². The number of nitrogens with one attached hydrogen (secondary N) is 2. The molecule has 3 N–H and O–H groups in total. The van der Waals surface area contributed by atoms with Gasteiger partial charge in [-0.1, -0.05) is 0 Å². The first-order valence-corrected chi connectivity index (χ1v) is 5.47. The van der Waals surface area contributed by atoms with E-state index in [-0.39, 0.29) is 6.10 Å². The van der Waals surface area contributed by atoms with Gasteiger partial charge in [-0.2, -0.15) is 0 Å². The lowest BCUT2D eigenvalue weighted by Crippen LogP contribution is -2.46. The van der Waals surface area contributed by atoms with Gasteiger partial charge in [-0.3, -0.25) is 0 Å². The fourth-order valence-corrected chi connectivity index (χ4v) is 2.62. The van der Waals surface area contributed by atoms with E-state index in [0.717, 1.165) is 38.5 Å². The van der Waals surface area contributed by atoms with Crippen LogP contribution < -0.4 is 10.6 Å². The molecule has 0 aromatic heterocycles. The van der Waals surface area contributed by atoms with Crippen LogP contribution >= 0.6 is 0 Å². The summed E-state index contributed by atoms with van der Waals surface area (Å²) in [5.41, 5.74) is 0. The van der Waals surface area contributed by atoms with Gasteiger partial charge in [-0.15, -0.1) is 0 Å². The van der Waals surface area contributed by atoms with Crippen LogP contribution in [0.15, 0.2) is 0 Å². The molecule has 2 saturated heterocycles. The van der Waals surface area contributed by atoms with Crippen molar-refractivity contribution in [3.05, 3.63) is 0 Å². The van der Waals surface area contributed by atoms with Gasteiger partial charge >= 0.3 is 0 Å². The Balaban J connectivity index is 1.88. The molecule has 0 spiro atoms. The normalized spacial score (nSPS) is 37.6. The standard InChI is InChI=1S/C10H20N2O/c13-10-3-6-12-7-9(10)8-1-4-11-5-2-8/h8-13H,1-7H2. The molecular weight excluding hydrogens is 164 g/mol. The molecular formula is C10H20N2O. The highest BCUT2D eigenvalue weighted by molar-refractivity contribution is 4.85. The maximum absolute atomic E-state index is 9.86. The quantitative estimate of drug-likeness (QED) is 0.535. The minimum atomic E-state index is -0.0515. The molecule has 2 atom stereocenters. The van der Waals surface area contributed by atoms with Crippen LogP contribution in [-0.4, -0.2) is 37.4 Å². The van der Waals surface area contributed by atoms with E-state index in [2.05, 4.69) is 10.6 Å². The molecule has 0 bridgehead atoms. The molecule has 0 amide bonds. The second kappa shape index (κ2) is 4.40. The lowest BCUT2D eigenvalue weighted by Gasteiger charge is -2.36. The molecule has 3 nitrogen and oxygen atoms in total. The molecule has 13 heavy (non-hydrogen) atoms. The Bertz CT molecular complexity index is 157. The van der Waals surface area contributed by atoms with Crippen molar-refractivity contribution in [2.75, 3.05) is 26.2 Å². The van der Waals surface area contributed by atoms with Crippen LogP contribution in [0.25, 0.3) is 0 Å². The summed E-state index contributed by atoms with van der Waals surface area (Å²) in [5, 5.41) is 16.6. The van der Waals surface area contributed by atoms with E-state index in [1.54, 1.807) is 0 Å². The van der Waals surface area contributed by atoms with Crippen LogP contribution in [0.2, 0.25) is 0 Å². The number of rotatable bonds is 1. The molecule has 0 aromatic carbocycles. The third-order valence-electron chi connectivity index (χ3n) is 3.48. The highest BCUT2D eigenvalue weighted by atomic mass is 16.3. The van der Waals surface area contributed by atoms with E-state index in [4.69, 9.17) is 0 Å². The Hall–Kier alpha value is -0.120. The van der Waals surface area contributed by atoms with Gasteiger partial charge in [0, 0.05) is 12.5 Å². The Morgan fingerprint density at radius 1 is 0.923 bits per heavy atom. The van der Waals surface area contributed by atoms with Crippen LogP contribution in [-0.2, 0) is 0 Å². The maximum atomic E-state index is 9.86. The molecule has 2 unspecified atom stereocenters. The molecule has 76 valence electrons. The zero-order valence-corrected chi connectivity index (χ0v) is 8.13. The Morgan fingerprint density at radius 3 is 2.31 bits per heavy atom. The van der Waals surface area contributed by atoms with E-state index in [1.807, 2.05) is 0 Å². The zero-order chi connectivity index (χ0) is 9.10. The van der Waals surface area contributed by atoms with E-state index in [0.29, 0.717) is 5.92 Å². The number of hydrogen-bond acceptors (Lipinski definition) is 3. The van der Waals surface area contributed by atoms with E-state index in [1.165, 1.54) is 12.8 Å². The van der Waals surface area contributed by atoms with Gasteiger partial charge in [0.15, 0.2) is 0 Å². The average Bonchev–Trinajstić information content (AvgIpc) is 2.20. The van der Waals surface area contributed by atoms with Gasteiger partial charge < -0.3 is 15.7 Å². The monoisotopic (exact) mass is 184 g/mol. The highest BCUT2D eigenvalue weighted by Crippen LogP contribution is 2.27. The van der Waals surface area contributed by atoms with Gasteiger partial charge in [0.2, 0.25) is 0 Å². The molecule has 2 aliphatic heterocycles. The van der Waals surface area contributed by atoms with Gasteiger partial charge in [0.05, 0.1) is 6.10 Å². The summed E-state index contributed by atoms with van der Waals surface area (Å²) in [6.07, 6.45) is 3.37. The Labute approximate surface area is 79.9 Å². The first-order valence-electron chi connectivity index (χ1n) is 5.47. The lowest BCUT2D eigenvalue weighted by molar-refractivity contribution is 0.0370. The fourth-order valence-electron chi connectivity index (χ4n) is 2.62. The summed E-state index contributed by atoms with van der Waals surface area (Å²) < 4.78 is 0. The fraction of sp³-hybridized carbons (Fsp3) is 1.00. The second-order valence-corrected chi connectivity index (χ2v) is 4.31. The number of hydrogen-bond donors (Lipinski definition) is 3. The van der Waals surface area contributed by atoms with Crippen molar-refractivity contribution in [1.82, 2.24) is 10.6 Å². The highest BCUT2D eigenvalue weighted by Gasteiger charge is 2.30. The SMILES string of the molecule is OC1CCNCC1C1CCNCC1. The van der Waals surface area contributed by atoms with E-state index >= 15 is 0 Å². The Kier molecular flexibility index (Phi) is 3.19. The minimum Gasteiger partial charge on any atom is -0.393 e. The number of aliphatic hydroxyl groups excluding tert-OH is 1. The summed E-state index contributed by atoms with van der Waals surface area (Å²) in [6.45, 7) is 4.27. The zero-order valence-electron chi connectivity index (χ0n) is 8.13. The summed E-state index contributed by atoms with van der Waals surface area (Å²) in [4.78, 5) is 0. The van der Waals surface area contributed by atoms with Gasteiger partial charge in [0.25, 0.3) is 0 Å². The van der Waals surface area contributed by atoms with Crippen molar-refractivity contribution in [2.24, 2.45) is 11.8 Å². The molecule has 2 rings (SSSR count). The van der Waals surface area contributed by atoms with Crippen LogP contribution in [0.3, 0.4) is 0 Å². The predicted octanol–water partition coefficient (Wildman–Crippen LogP) is -0.0436. The number of aliphatic hydroxyl groups is 1. The Morgan fingerprint density at radius 2 is 1.62 bits per heavy atom. The third kappa shape index (κ3) is 2.22. The minimum absolute atomic E-state index is 0.0515. The van der Waals surface area contributed by atoms with Crippen molar-refractivity contribution in [2.45, 2.75) is 25.4 Å². The average molecular weight is 184 g/mol. The molecule has 3 heteroatoms. The smallest absolute Gasteiger partial charge is 0.0595 e. The first-order chi connectivity index (χ1) is 6.38. The predicted molar refractivity (Wildman–Crippen MR) is 52.6 cm³/mol. The maximum Gasteiger partial charge on any atom is 0.0595 e. The molecule has 0 aromatic rings. The lowest BCUT2D eigenvalue weighted by atomic mass is 9.79. The molecule has 0 radical (unpaired) electrons. The molecule has 2 aliphatic rings. The van der Waals surface area contributed by atoms with Gasteiger partial charge in [-0.25, -0.2) is 0 Å². The van der Waals surface area contributed by atoms with Crippen LogP contribution in [0, 0.1) is 11.8 Å². The first kappa shape index (κ1) is 9.44. The molecule has 0 aliphatic carbocycles. The van der Waals surface area contributed by atoms with Crippen molar-refractivity contribution >= 4 is 0 Å². The largest absolute Gasteiger partial charge is 0.393 e. The van der Waals surface area contributed by atoms with E-state index in [9.17, 15) is 5.11 Å². The summed E-state index contributed by atoms with van der Waals surface area (Å²) in [6, 6.07) is 0. The van der Waals surface area contributed by atoms with Gasteiger partial charge in [-0.05, 0) is 44.8 Å². The third-order valence-corrected chi connectivity index (χ3v) is 3.48. The number of piperidine rings is 2. The van der Waals surface area contributed by atoms with Crippen LogP contribution in [0.4, 0.5) is 0 Å². The topological polar surface area (TPSA) is 44.3 Å². The molecule has 2 heterocycles. The van der Waals surface area contributed by atoms with Gasteiger partial charge in [0.1, 0.15) is 0 Å². The summed E-state index contributed by atoms with van der Waals surface area (Å²) in [7, 11) is 0. The molecule has 0 saturated carbocycles. The summed E-state index contributed by atoms with van der Waals surface area (Å²) >= 11 is 0. The van der Waals surface area contributed by atoms with Crippen molar-refractivity contribution in [3.63, 3.8) is 0 Å². The van der Waals surface area contributed by atoms with Crippen molar-refractivity contribution in [3.8, 4) is 0 Å². The van der Waals surface area contributed by atoms with Crippen LogP contribution in [0.1, 0.15) is 19.3 Å².